The first-order valence-corrected chi connectivity index (χ1v) is 9.16. The van der Waals surface area contributed by atoms with Gasteiger partial charge in [-0.15, -0.1) is 11.3 Å². The second-order valence-electron chi connectivity index (χ2n) is 6.12. The summed E-state index contributed by atoms with van der Waals surface area (Å²) < 4.78 is 7.25. The topological polar surface area (TPSA) is 75.9 Å². The Morgan fingerprint density at radius 3 is 3.08 bits per heavy atom. The van der Waals surface area contributed by atoms with E-state index in [0.717, 1.165) is 10.7 Å². The first-order valence-electron chi connectivity index (χ1n) is 8.28. The second-order valence-corrected chi connectivity index (χ2v) is 6.99. The van der Waals surface area contributed by atoms with Crippen LogP contribution in [0, 0.1) is 5.92 Å². The van der Waals surface area contributed by atoms with E-state index in [1.54, 1.807) is 29.4 Å². The minimum Gasteiger partial charge on any atom is -0.495 e. The molecular formula is C18H18N4O3S. The SMILES string of the molecule is COc1ccccc1N1CC(C(=O)NCc2cn3ccsc3n2)CC1=O. The van der Waals surface area contributed by atoms with E-state index in [-0.39, 0.29) is 24.2 Å². The monoisotopic (exact) mass is 370 g/mol. The number of rotatable bonds is 5. The van der Waals surface area contributed by atoms with Gasteiger partial charge in [-0.1, -0.05) is 12.1 Å². The van der Waals surface area contributed by atoms with Gasteiger partial charge < -0.3 is 15.0 Å². The van der Waals surface area contributed by atoms with Crippen LogP contribution in [-0.2, 0) is 16.1 Å². The summed E-state index contributed by atoms with van der Waals surface area (Å²) in [7, 11) is 1.57. The zero-order valence-electron chi connectivity index (χ0n) is 14.2. The zero-order valence-corrected chi connectivity index (χ0v) is 15.0. The molecule has 1 aromatic carbocycles. The molecule has 1 N–H and O–H groups in total. The van der Waals surface area contributed by atoms with Crippen molar-refractivity contribution in [1.82, 2.24) is 14.7 Å². The highest BCUT2D eigenvalue weighted by molar-refractivity contribution is 7.15. The quantitative estimate of drug-likeness (QED) is 0.746. The lowest BCUT2D eigenvalue weighted by Crippen LogP contribution is -2.32. The number of fused-ring (bicyclic) bond motifs is 1. The fraction of sp³-hybridized carbons (Fsp3) is 0.278. The van der Waals surface area contributed by atoms with Gasteiger partial charge in [-0.05, 0) is 12.1 Å². The third kappa shape index (κ3) is 3.03. The Morgan fingerprint density at radius 1 is 1.42 bits per heavy atom. The van der Waals surface area contributed by atoms with Gasteiger partial charge >= 0.3 is 0 Å². The summed E-state index contributed by atoms with van der Waals surface area (Å²) >= 11 is 1.55. The maximum atomic E-state index is 12.5. The van der Waals surface area contributed by atoms with Crippen molar-refractivity contribution < 1.29 is 14.3 Å². The van der Waals surface area contributed by atoms with Gasteiger partial charge in [-0.3, -0.25) is 14.0 Å². The molecule has 0 radical (unpaired) electrons. The number of methoxy groups -OCH3 is 1. The van der Waals surface area contributed by atoms with E-state index in [4.69, 9.17) is 4.74 Å². The highest BCUT2D eigenvalue weighted by atomic mass is 32.1. The number of imidazole rings is 1. The fourth-order valence-electron chi connectivity index (χ4n) is 3.15. The standard InChI is InChI=1S/C18H18N4O3S/c1-25-15-5-3-2-4-14(15)22-10-12(8-16(22)23)17(24)19-9-13-11-21-6-7-26-18(21)20-13/h2-7,11-12H,8-10H2,1H3,(H,19,24). The Morgan fingerprint density at radius 2 is 2.27 bits per heavy atom. The van der Waals surface area contributed by atoms with Crippen LogP contribution in [0.5, 0.6) is 5.75 Å². The molecule has 0 spiro atoms. The number of amides is 2. The number of aromatic nitrogens is 2. The molecule has 1 unspecified atom stereocenters. The number of para-hydroxylation sites is 2. The molecule has 1 saturated heterocycles. The molecule has 0 bridgehead atoms. The molecule has 1 fully saturated rings. The largest absolute Gasteiger partial charge is 0.495 e. The van der Waals surface area contributed by atoms with Crippen LogP contribution in [0.4, 0.5) is 5.69 Å². The molecule has 134 valence electrons. The number of thiazole rings is 1. The lowest BCUT2D eigenvalue weighted by atomic mass is 10.1. The minimum absolute atomic E-state index is 0.0721. The summed E-state index contributed by atoms with van der Waals surface area (Å²) in [5.41, 5.74) is 1.50. The third-order valence-electron chi connectivity index (χ3n) is 4.46. The van der Waals surface area contributed by atoms with Crippen LogP contribution >= 0.6 is 11.3 Å². The maximum absolute atomic E-state index is 12.5. The van der Waals surface area contributed by atoms with Crippen LogP contribution in [0.3, 0.4) is 0 Å². The molecule has 26 heavy (non-hydrogen) atoms. The molecule has 2 amide bonds. The molecule has 1 aliphatic heterocycles. The normalized spacial score (nSPS) is 17.0. The Bertz CT molecular complexity index is 936. The summed E-state index contributed by atoms with van der Waals surface area (Å²) in [6.07, 6.45) is 4.02. The Hall–Kier alpha value is -2.87. The summed E-state index contributed by atoms with van der Waals surface area (Å²) in [6.45, 7) is 0.704. The van der Waals surface area contributed by atoms with E-state index < -0.39 is 0 Å². The van der Waals surface area contributed by atoms with Gasteiger partial charge in [-0.2, -0.15) is 0 Å². The average molecular weight is 370 g/mol. The summed E-state index contributed by atoms with van der Waals surface area (Å²) in [4.78, 5) is 31.8. The van der Waals surface area contributed by atoms with E-state index in [9.17, 15) is 9.59 Å². The smallest absolute Gasteiger partial charge is 0.227 e. The molecule has 3 heterocycles. The number of carbonyl (C=O) groups excluding carboxylic acids is 2. The highest BCUT2D eigenvalue weighted by Gasteiger charge is 2.36. The van der Waals surface area contributed by atoms with E-state index in [1.165, 1.54) is 0 Å². The number of benzene rings is 1. The number of hydrogen-bond acceptors (Lipinski definition) is 5. The lowest BCUT2D eigenvalue weighted by molar-refractivity contribution is -0.126. The minimum atomic E-state index is -0.379. The maximum Gasteiger partial charge on any atom is 0.227 e. The van der Waals surface area contributed by atoms with Gasteiger partial charge in [0.1, 0.15) is 5.75 Å². The fourth-order valence-corrected chi connectivity index (χ4v) is 3.87. The van der Waals surface area contributed by atoms with Crippen molar-refractivity contribution in [3.8, 4) is 5.75 Å². The predicted octanol–water partition coefficient (Wildman–Crippen LogP) is 2.07. The molecule has 7 nitrogen and oxygen atoms in total. The third-order valence-corrected chi connectivity index (χ3v) is 5.23. The molecule has 1 aliphatic rings. The van der Waals surface area contributed by atoms with Gasteiger partial charge in [0, 0.05) is 30.7 Å². The van der Waals surface area contributed by atoms with E-state index in [0.29, 0.717) is 24.5 Å². The molecule has 8 heteroatoms. The highest BCUT2D eigenvalue weighted by Crippen LogP contribution is 2.32. The van der Waals surface area contributed by atoms with Crippen molar-refractivity contribution in [2.24, 2.45) is 5.92 Å². The van der Waals surface area contributed by atoms with Crippen molar-refractivity contribution in [3.05, 3.63) is 47.7 Å². The summed E-state index contributed by atoms with van der Waals surface area (Å²) in [5.74, 6) is 0.0420. The number of nitrogens with one attached hydrogen (secondary N) is 1. The Kier molecular flexibility index (Phi) is 4.34. The van der Waals surface area contributed by atoms with Crippen molar-refractivity contribution in [2.75, 3.05) is 18.6 Å². The van der Waals surface area contributed by atoms with Crippen LogP contribution in [0.15, 0.2) is 42.0 Å². The van der Waals surface area contributed by atoms with Crippen LogP contribution in [0.2, 0.25) is 0 Å². The van der Waals surface area contributed by atoms with Gasteiger partial charge in [-0.25, -0.2) is 4.98 Å². The van der Waals surface area contributed by atoms with Gasteiger partial charge in [0.25, 0.3) is 0 Å². The number of anilines is 1. The molecule has 3 aromatic rings. The van der Waals surface area contributed by atoms with Gasteiger partial charge in [0.05, 0.1) is 31.0 Å². The van der Waals surface area contributed by atoms with Crippen LogP contribution < -0.4 is 15.0 Å². The number of ether oxygens (including phenoxy) is 1. The van der Waals surface area contributed by atoms with E-state index >= 15 is 0 Å². The molecule has 0 saturated carbocycles. The van der Waals surface area contributed by atoms with Gasteiger partial charge in [0.2, 0.25) is 11.8 Å². The van der Waals surface area contributed by atoms with Crippen LogP contribution in [-0.4, -0.2) is 34.9 Å². The van der Waals surface area contributed by atoms with E-state index in [1.807, 2.05) is 40.4 Å². The first kappa shape index (κ1) is 16.6. The Labute approximate surface area is 154 Å². The molecule has 4 rings (SSSR count). The zero-order chi connectivity index (χ0) is 18.1. The van der Waals surface area contributed by atoms with Gasteiger partial charge in [0.15, 0.2) is 4.96 Å². The van der Waals surface area contributed by atoms with Crippen LogP contribution in [0.1, 0.15) is 12.1 Å². The van der Waals surface area contributed by atoms with Crippen molar-refractivity contribution in [3.63, 3.8) is 0 Å². The molecule has 0 aliphatic carbocycles. The van der Waals surface area contributed by atoms with E-state index in [2.05, 4.69) is 10.3 Å². The van der Waals surface area contributed by atoms with Crippen molar-refractivity contribution >= 4 is 33.8 Å². The number of carbonyl (C=O) groups is 2. The van der Waals surface area contributed by atoms with Crippen molar-refractivity contribution in [2.45, 2.75) is 13.0 Å². The second kappa shape index (κ2) is 6.80. The van der Waals surface area contributed by atoms with Crippen molar-refractivity contribution in [1.29, 1.82) is 0 Å². The average Bonchev–Trinajstić information content (AvgIpc) is 3.34. The summed E-state index contributed by atoms with van der Waals surface area (Å²) in [5, 5.41) is 4.85. The summed E-state index contributed by atoms with van der Waals surface area (Å²) in [6, 6.07) is 7.33. The van der Waals surface area contributed by atoms with Crippen LogP contribution in [0.25, 0.3) is 4.96 Å². The lowest BCUT2D eigenvalue weighted by Gasteiger charge is -2.19. The number of nitrogens with zero attached hydrogens (tertiary/aromatic N) is 3. The predicted molar refractivity (Wildman–Crippen MR) is 98.4 cm³/mol. The molecule has 1 atom stereocenters. The molecular weight excluding hydrogens is 352 g/mol. The number of hydrogen-bond donors (Lipinski definition) is 1. The first-order chi connectivity index (χ1) is 12.7. The molecule has 2 aromatic heterocycles. The Balaban J connectivity index is 1.41.